The number of rotatable bonds is 10. The molecule has 1 aromatic carbocycles. The van der Waals surface area contributed by atoms with E-state index in [4.69, 9.17) is 9.57 Å². The van der Waals surface area contributed by atoms with Crippen molar-refractivity contribution in [3.05, 3.63) is 90.5 Å². The van der Waals surface area contributed by atoms with E-state index in [0.717, 1.165) is 5.56 Å². The number of nitrogens with zero attached hydrogens (tertiary/aromatic N) is 7. The number of pyridine rings is 2. The number of halogens is 1. The lowest BCUT2D eigenvalue weighted by Crippen LogP contribution is -2.26. The van der Waals surface area contributed by atoms with Gasteiger partial charge in [0, 0.05) is 42.3 Å². The van der Waals surface area contributed by atoms with Crippen molar-refractivity contribution in [3.8, 4) is 11.1 Å². The molecule has 0 saturated carbocycles. The lowest BCUT2D eigenvalue weighted by molar-refractivity contribution is 0.102. The normalized spacial score (nSPS) is 18.5. The minimum atomic E-state index is -3.36. The highest BCUT2D eigenvalue weighted by Crippen LogP contribution is 2.29. The van der Waals surface area contributed by atoms with E-state index in [0.29, 0.717) is 47.6 Å². The molecule has 2 atom stereocenters. The van der Waals surface area contributed by atoms with Crippen LogP contribution < -0.4 is 4.90 Å². The van der Waals surface area contributed by atoms with Gasteiger partial charge in [-0.15, -0.1) is 5.10 Å². The lowest BCUT2D eigenvalue weighted by atomic mass is 10.0. The Labute approximate surface area is 240 Å². The first-order valence-corrected chi connectivity index (χ1v) is 15.1. The second-order valence-corrected chi connectivity index (χ2v) is 12.3. The predicted molar refractivity (Wildman–Crippen MR) is 150 cm³/mol. The molecule has 1 unspecified atom stereocenters. The van der Waals surface area contributed by atoms with Gasteiger partial charge in [-0.3, -0.25) is 14.9 Å². The number of aromatic nitrogens is 5. The van der Waals surface area contributed by atoms with E-state index in [1.54, 1.807) is 59.7 Å². The van der Waals surface area contributed by atoms with E-state index in [-0.39, 0.29) is 18.1 Å². The molecule has 0 N–H and O–H groups in total. The summed E-state index contributed by atoms with van der Waals surface area (Å²) in [4.78, 5) is 27.5. The second kappa shape index (κ2) is 11.6. The molecule has 2 aliphatic heterocycles. The highest BCUT2D eigenvalue weighted by Gasteiger charge is 2.33. The van der Waals surface area contributed by atoms with Gasteiger partial charge in [0.05, 0.1) is 42.2 Å². The quantitative estimate of drug-likeness (QED) is 0.272. The molecule has 0 radical (unpaired) electrons. The zero-order valence-electron chi connectivity index (χ0n) is 22.3. The van der Waals surface area contributed by atoms with Crippen LogP contribution in [0.3, 0.4) is 0 Å². The summed E-state index contributed by atoms with van der Waals surface area (Å²) in [6, 6.07) is 11.5. The maximum Gasteiger partial charge on any atom is 0.414 e. The van der Waals surface area contributed by atoms with E-state index in [1.165, 1.54) is 23.4 Å². The third-order valence-electron chi connectivity index (χ3n) is 7.00. The number of oxime groups is 1. The molecule has 1 amide bonds. The van der Waals surface area contributed by atoms with Gasteiger partial charge in [0.25, 0.3) is 0 Å². The molecule has 1 saturated heterocycles. The summed E-state index contributed by atoms with van der Waals surface area (Å²) in [6.45, 7) is 0.602. The van der Waals surface area contributed by atoms with E-state index in [2.05, 4.69) is 25.4 Å². The fourth-order valence-electron chi connectivity index (χ4n) is 4.85. The van der Waals surface area contributed by atoms with Crippen molar-refractivity contribution in [3.63, 3.8) is 0 Å². The van der Waals surface area contributed by atoms with E-state index < -0.39 is 34.0 Å². The fraction of sp³-hybridized carbons (Fsp3) is 0.286. The third-order valence-corrected chi connectivity index (χ3v) is 8.70. The zero-order chi connectivity index (χ0) is 29.1. The first-order valence-electron chi connectivity index (χ1n) is 13.2. The molecule has 216 valence electrons. The fourth-order valence-corrected chi connectivity index (χ4v) is 6.31. The molecule has 0 spiro atoms. The van der Waals surface area contributed by atoms with Crippen LogP contribution >= 0.6 is 0 Å². The molecule has 0 bridgehead atoms. The summed E-state index contributed by atoms with van der Waals surface area (Å²) in [5.74, 6) is -0.661. The summed E-state index contributed by atoms with van der Waals surface area (Å²) >= 11 is 0. The lowest BCUT2D eigenvalue weighted by Gasteiger charge is -2.14. The van der Waals surface area contributed by atoms with Gasteiger partial charge in [-0.1, -0.05) is 16.4 Å². The molecular weight excluding hydrogens is 565 g/mol. The Morgan fingerprint density at radius 1 is 1.05 bits per heavy atom. The number of carbonyl (C=O) groups excluding carboxylic acids is 1. The summed E-state index contributed by atoms with van der Waals surface area (Å²) < 4.78 is 47.3. The molecule has 5 heterocycles. The Kier molecular flexibility index (Phi) is 7.61. The van der Waals surface area contributed by atoms with Gasteiger partial charge in [0.15, 0.2) is 9.84 Å². The summed E-state index contributed by atoms with van der Waals surface area (Å²) in [6.07, 6.45) is 7.11. The Morgan fingerprint density at radius 3 is 2.64 bits per heavy atom. The Bertz CT molecular complexity index is 1700. The SMILES string of the molecule is O=C1O[C@@H](Cn2ccnn2)CN1c1ccc(-c2ccc(C3=NOC(CS(=O)(=O)CCc4ccncc4)C3)nc2)c(F)c1. The van der Waals surface area contributed by atoms with Gasteiger partial charge in [0.2, 0.25) is 0 Å². The Morgan fingerprint density at radius 2 is 1.90 bits per heavy atom. The van der Waals surface area contributed by atoms with Gasteiger partial charge < -0.3 is 9.57 Å². The first kappa shape index (κ1) is 27.4. The molecule has 6 rings (SSSR count). The van der Waals surface area contributed by atoms with Crippen LogP contribution in [0.25, 0.3) is 11.1 Å². The number of benzene rings is 1. The third kappa shape index (κ3) is 6.28. The predicted octanol–water partition coefficient (Wildman–Crippen LogP) is 3.05. The van der Waals surface area contributed by atoms with Crippen LogP contribution in [-0.4, -0.2) is 75.4 Å². The van der Waals surface area contributed by atoms with Crippen molar-refractivity contribution >= 4 is 27.3 Å². The maximum absolute atomic E-state index is 15.2. The molecular formula is C28H26FN7O5S. The van der Waals surface area contributed by atoms with Crippen molar-refractivity contribution in [2.45, 2.75) is 31.6 Å². The number of amides is 1. The Balaban J connectivity index is 1.05. The number of anilines is 1. The zero-order valence-corrected chi connectivity index (χ0v) is 23.1. The van der Waals surface area contributed by atoms with E-state index in [9.17, 15) is 13.2 Å². The second-order valence-electron chi connectivity index (χ2n) is 10.0. The summed E-state index contributed by atoms with van der Waals surface area (Å²) in [5, 5.41) is 11.7. The van der Waals surface area contributed by atoms with Crippen LogP contribution in [0.2, 0.25) is 0 Å². The molecule has 4 aromatic rings. The minimum Gasteiger partial charge on any atom is -0.442 e. The number of carbonyl (C=O) groups is 1. The number of hydrogen-bond donors (Lipinski definition) is 0. The first-order chi connectivity index (χ1) is 20.3. The Hall–Kier alpha value is -4.72. The van der Waals surface area contributed by atoms with Gasteiger partial charge >= 0.3 is 6.09 Å². The molecule has 3 aromatic heterocycles. The van der Waals surface area contributed by atoms with Crippen LogP contribution in [0.15, 0.2) is 78.6 Å². The highest BCUT2D eigenvalue weighted by atomic mass is 32.2. The van der Waals surface area contributed by atoms with Crippen LogP contribution in [0.5, 0.6) is 0 Å². The number of aryl methyl sites for hydroxylation is 1. The number of hydrogen-bond acceptors (Lipinski definition) is 10. The van der Waals surface area contributed by atoms with Gasteiger partial charge in [-0.05, 0) is 48.4 Å². The monoisotopic (exact) mass is 591 g/mol. The molecule has 42 heavy (non-hydrogen) atoms. The van der Waals surface area contributed by atoms with Gasteiger partial charge in [-0.25, -0.2) is 22.3 Å². The smallest absolute Gasteiger partial charge is 0.414 e. The maximum atomic E-state index is 15.2. The number of sulfone groups is 1. The largest absolute Gasteiger partial charge is 0.442 e. The van der Waals surface area contributed by atoms with Crippen molar-refractivity contribution in [1.29, 1.82) is 0 Å². The van der Waals surface area contributed by atoms with Gasteiger partial charge in [0.1, 0.15) is 23.7 Å². The van der Waals surface area contributed by atoms with Crippen molar-refractivity contribution in [1.82, 2.24) is 25.0 Å². The molecule has 0 aliphatic carbocycles. The van der Waals surface area contributed by atoms with Gasteiger partial charge in [-0.2, -0.15) is 0 Å². The van der Waals surface area contributed by atoms with E-state index >= 15 is 4.39 Å². The molecule has 1 fully saturated rings. The van der Waals surface area contributed by atoms with Crippen LogP contribution in [0.4, 0.5) is 14.9 Å². The number of ether oxygens (including phenoxy) is 1. The average Bonchev–Trinajstić information content (AvgIpc) is 3.75. The topological polar surface area (TPSA) is 142 Å². The van der Waals surface area contributed by atoms with Crippen LogP contribution in [-0.2, 0) is 32.4 Å². The van der Waals surface area contributed by atoms with E-state index in [1.807, 2.05) is 0 Å². The van der Waals surface area contributed by atoms with Crippen molar-refractivity contribution in [2.24, 2.45) is 5.16 Å². The van der Waals surface area contributed by atoms with Crippen LogP contribution in [0, 0.1) is 5.82 Å². The standard InChI is InChI=1S/C28H26FN7O5S/c29-25-13-21(36-17-23(40-28(36)37)16-35-11-10-32-34-35)2-3-24(25)20-1-4-26(31-15-20)27-14-22(41-33-27)18-42(38,39)12-7-19-5-8-30-9-6-19/h1-6,8-11,13,15,22-23H,7,12,14,16-18H2/t22?,23-/m0/s1. The van der Waals surface area contributed by atoms with Crippen molar-refractivity contribution in [2.75, 3.05) is 23.0 Å². The van der Waals surface area contributed by atoms with Crippen molar-refractivity contribution < 1.29 is 27.2 Å². The number of cyclic esters (lactones) is 1. The summed E-state index contributed by atoms with van der Waals surface area (Å²) in [5.41, 5.74) is 3.18. The summed E-state index contributed by atoms with van der Waals surface area (Å²) in [7, 11) is -3.36. The molecule has 12 nitrogen and oxygen atoms in total. The molecule has 14 heteroatoms. The van der Waals surface area contributed by atoms with Crippen LogP contribution in [0.1, 0.15) is 17.7 Å². The minimum absolute atomic E-state index is 0.00598. The molecule has 2 aliphatic rings. The average molecular weight is 592 g/mol. The highest BCUT2D eigenvalue weighted by molar-refractivity contribution is 7.91.